The normalized spacial score (nSPS) is 14.0. The van der Waals surface area contributed by atoms with Gasteiger partial charge in [-0.2, -0.15) is 4.98 Å². The lowest BCUT2D eigenvalue weighted by molar-refractivity contribution is -0.286. The first kappa shape index (κ1) is 17.1. The highest BCUT2D eigenvalue weighted by atomic mass is 19.3. The van der Waals surface area contributed by atoms with Crippen LogP contribution in [0.5, 0.6) is 11.5 Å². The maximum Gasteiger partial charge on any atom is 0.586 e. The third-order valence-electron chi connectivity index (χ3n) is 4.18. The van der Waals surface area contributed by atoms with Crippen LogP contribution in [0.1, 0.15) is 0 Å². The maximum atomic E-state index is 13.2. The minimum Gasteiger partial charge on any atom is -0.395 e. The smallest absolute Gasteiger partial charge is 0.395 e. The van der Waals surface area contributed by atoms with Crippen LogP contribution in [0.25, 0.3) is 10.9 Å². The number of aromatic nitrogens is 3. The molecule has 4 aromatic rings. The summed E-state index contributed by atoms with van der Waals surface area (Å²) in [5.74, 6) is 0.749. The summed E-state index contributed by atoms with van der Waals surface area (Å²) in [7, 11) is 0. The summed E-state index contributed by atoms with van der Waals surface area (Å²) in [4.78, 5) is 12.9. The molecule has 0 radical (unpaired) electrons. The number of para-hydroxylation sites is 1. The molecule has 0 spiro atoms. The highest BCUT2D eigenvalue weighted by molar-refractivity contribution is 5.82. The zero-order valence-electron chi connectivity index (χ0n) is 14.8. The predicted molar refractivity (Wildman–Crippen MR) is 103 cm³/mol. The third-order valence-corrected chi connectivity index (χ3v) is 4.18. The highest BCUT2D eigenvalue weighted by Gasteiger charge is 2.43. The molecule has 3 heterocycles. The minimum atomic E-state index is -3.66. The average Bonchev–Trinajstić information content (AvgIpc) is 3.01. The fourth-order valence-electron chi connectivity index (χ4n) is 2.93. The molecule has 2 aromatic heterocycles. The van der Waals surface area contributed by atoms with Gasteiger partial charge in [-0.15, -0.1) is 8.78 Å². The molecular formula is C20H13F2N5O2. The van der Waals surface area contributed by atoms with Gasteiger partial charge in [0.05, 0.1) is 17.4 Å². The molecule has 5 rings (SSSR count). The van der Waals surface area contributed by atoms with Crippen molar-refractivity contribution >= 4 is 34.0 Å². The van der Waals surface area contributed by atoms with Crippen LogP contribution in [-0.4, -0.2) is 21.2 Å². The van der Waals surface area contributed by atoms with Crippen molar-refractivity contribution in [1.29, 1.82) is 0 Å². The Morgan fingerprint density at radius 3 is 2.62 bits per heavy atom. The Hall–Kier alpha value is -4.01. The van der Waals surface area contributed by atoms with E-state index in [2.05, 4.69) is 35.1 Å². The first-order valence-electron chi connectivity index (χ1n) is 8.66. The van der Waals surface area contributed by atoms with E-state index >= 15 is 0 Å². The van der Waals surface area contributed by atoms with Crippen LogP contribution in [0.2, 0.25) is 0 Å². The van der Waals surface area contributed by atoms with Crippen molar-refractivity contribution in [2.45, 2.75) is 6.29 Å². The van der Waals surface area contributed by atoms with Crippen molar-refractivity contribution in [3.63, 3.8) is 0 Å². The zero-order chi connectivity index (χ0) is 19.8. The lowest BCUT2D eigenvalue weighted by Crippen LogP contribution is -2.25. The van der Waals surface area contributed by atoms with Crippen LogP contribution in [0.15, 0.2) is 67.0 Å². The molecule has 9 heteroatoms. The lowest BCUT2D eigenvalue weighted by atomic mass is 10.2. The number of nitrogens with one attached hydrogen (secondary N) is 2. The van der Waals surface area contributed by atoms with Crippen molar-refractivity contribution < 1.29 is 18.3 Å². The molecule has 0 aliphatic carbocycles. The van der Waals surface area contributed by atoms with E-state index in [1.165, 1.54) is 12.1 Å². The molecule has 0 unspecified atom stereocenters. The van der Waals surface area contributed by atoms with Gasteiger partial charge in [-0.05, 0) is 30.3 Å². The number of halogens is 2. The predicted octanol–water partition coefficient (Wildman–Crippen LogP) is 4.83. The molecule has 1 aliphatic heterocycles. The van der Waals surface area contributed by atoms with E-state index in [9.17, 15) is 8.78 Å². The maximum absolute atomic E-state index is 13.2. The molecule has 144 valence electrons. The van der Waals surface area contributed by atoms with Gasteiger partial charge in [-0.1, -0.05) is 18.2 Å². The molecule has 0 fully saturated rings. The Kier molecular flexibility index (Phi) is 3.87. The van der Waals surface area contributed by atoms with Crippen molar-refractivity contribution in [2.75, 3.05) is 10.6 Å². The third kappa shape index (κ3) is 3.57. The topological polar surface area (TPSA) is 81.2 Å². The molecule has 0 atom stereocenters. The van der Waals surface area contributed by atoms with E-state index in [0.29, 0.717) is 11.5 Å². The first-order valence-corrected chi connectivity index (χ1v) is 8.66. The van der Waals surface area contributed by atoms with Crippen molar-refractivity contribution in [1.82, 2.24) is 15.0 Å². The van der Waals surface area contributed by atoms with E-state index < -0.39 is 6.29 Å². The Bertz CT molecular complexity index is 1220. The number of rotatable bonds is 4. The standard InChI is InChI=1S/C20H13F2N5O2/c21-20(22)28-16-6-5-13(10-17(16)29-20)26-19-23-8-7-18(27-19)25-14-9-12-3-1-2-4-15(12)24-11-14/h1-11H,(H2,23,25,26,27). The molecule has 1 aliphatic rings. The number of ether oxygens (including phenoxy) is 2. The van der Waals surface area contributed by atoms with Gasteiger partial charge >= 0.3 is 6.29 Å². The quantitative estimate of drug-likeness (QED) is 0.514. The summed E-state index contributed by atoms with van der Waals surface area (Å²) < 4.78 is 35.1. The number of anilines is 4. The molecular weight excluding hydrogens is 380 g/mol. The summed E-state index contributed by atoms with van der Waals surface area (Å²) in [6, 6.07) is 15.8. The Morgan fingerprint density at radius 1 is 0.828 bits per heavy atom. The lowest BCUT2D eigenvalue weighted by Gasteiger charge is -2.09. The van der Waals surface area contributed by atoms with Gasteiger partial charge in [0.2, 0.25) is 5.95 Å². The monoisotopic (exact) mass is 393 g/mol. The van der Waals surface area contributed by atoms with Crippen LogP contribution in [0.3, 0.4) is 0 Å². The Balaban J connectivity index is 1.35. The van der Waals surface area contributed by atoms with Gasteiger partial charge in [0.15, 0.2) is 11.5 Å². The number of hydrogen-bond donors (Lipinski definition) is 2. The summed E-state index contributed by atoms with van der Waals surface area (Å²) in [5, 5.41) is 7.14. The molecule has 7 nitrogen and oxygen atoms in total. The van der Waals surface area contributed by atoms with Crippen LogP contribution in [-0.2, 0) is 0 Å². The van der Waals surface area contributed by atoms with E-state index in [4.69, 9.17) is 0 Å². The highest BCUT2D eigenvalue weighted by Crippen LogP contribution is 2.42. The molecule has 29 heavy (non-hydrogen) atoms. The fraction of sp³-hybridized carbons (Fsp3) is 0.0500. The van der Waals surface area contributed by atoms with Crippen molar-refractivity contribution in [3.05, 3.63) is 67.0 Å². The molecule has 0 amide bonds. The summed E-state index contributed by atoms with van der Waals surface area (Å²) in [6.45, 7) is 0. The first-order chi connectivity index (χ1) is 14.0. The van der Waals surface area contributed by atoms with Crippen molar-refractivity contribution in [3.8, 4) is 11.5 Å². The Labute approximate surface area is 163 Å². The number of nitrogens with zero attached hydrogens (tertiary/aromatic N) is 3. The van der Waals surface area contributed by atoms with Gasteiger partial charge in [-0.25, -0.2) is 4.98 Å². The summed E-state index contributed by atoms with van der Waals surface area (Å²) in [6.07, 6.45) is -0.363. The number of benzene rings is 2. The second-order valence-electron chi connectivity index (χ2n) is 6.26. The van der Waals surface area contributed by atoms with Gasteiger partial charge in [0, 0.05) is 23.3 Å². The van der Waals surface area contributed by atoms with Gasteiger partial charge in [0.25, 0.3) is 0 Å². The summed E-state index contributed by atoms with van der Waals surface area (Å²) >= 11 is 0. The molecule has 0 saturated heterocycles. The minimum absolute atomic E-state index is 0.0271. The van der Waals surface area contributed by atoms with Crippen LogP contribution >= 0.6 is 0 Å². The largest absolute Gasteiger partial charge is 0.586 e. The fourth-order valence-corrected chi connectivity index (χ4v) is 2.93. The number of alkyl halides is 2. The second kappa shape index (κ2) is 6.55. The SMILES string of the molecule is FC1(F)Oc2ccc(Nc3nccc(Nc4cnc5ccccc5c4)n3)cc2O1. The van der Waals surface area contributed by atoms with E-state index in [1.807, 2.05) is 30.3 Å². The van der Waals surface area contributed by atoms with Crippen molar-refractivity contribution in [2.24, 2.45) is 0 Å². The van der Waals surface area contributed by atoms with E-state index in [1.54, 1.807) is 24.5 Å². The molecule has 2 aromatic carbocycles. The van der Waals surface area contributed by atoms with Crippen LogP contribution in [0, 0.1) is 0 Å². The van der Waals surface area contributed by atoms with E-state index in [0.717, 1.165) is 16.6 Å². The molecule has 0 bridgehead atoms. The summed E-state index contributed by atoms with van der Waals surface area (Å²) in [5.41, 5.74) is 2.16. The second-order valence-corrected chi connectivity index (χ2v) is 6.26. The van der Waals surface area contributed by atoms with Crippen LogP contribution < -0.4 is 20.1 Å². The van der Waals surface area contributed by atoms with Gasteiger partial charge in [0.1, 0.15) is 5.82 Å². The van der Waals surface area contributed by atoms with Crippen LogP contribution in [0.4, 0.5) is 31.9 Å². The number of fused-ring (bicyclic) bond motifs is 2. The van der Waals surface area contributed by atoms with Gasteiger partial charge < -0.3 is 20.1 Å². The van der Waals surface area contributed by atoms with Gasteiger partial charge in [-0.3, -0.25) is 4.98 Å². The average molecular weight is 393 g/mol. The zero-order valence-corrected chi connectivity index (χ0v) is 14.8. The number of hydrogen-bond acceptors (Lipinski definition) is 7. The Morgan fingerprint density at radius 2 is 1.69 bits per heavy atom. The number of pyridine rings is 1. The van der Waals surface area contributed by atoms with E-state index in [-0.39, 0.29) is 17.4 Å². The molecule has 0 saturated carbocycles. The molecule has 2 N–H and O–H groups in total.